The van der Waals surface area contributed by atoms with Gasteiger partial charge in [-0.25, -0.2) is 21.6 Å². The lowest BCUT2D eigenvalue weighted by Crippen LogP contribution is -2.50. The van der Waals surface area contributed by atoms with Crippen molar-refractivity contribution in [2.24, 2.45) is 0 Å². The van der Waals surface area contributed by atoms with Gasteiger partial charge in [0.15, 0.2) is 17.5 Å². The first-order chi connectivity index (χ1) is 12.7. The second kappa shape index (κ2) is 7.61. The summed E-state index contributed by atoms with van der Waals surface area (Å²) in [5.41, 5.74) is 0.459. The molecule has 2 aromatic carbocycles. The summed E-state index contributed by atoms with van der Waals surface area (Å²) in [6, 6.07) is 8.00. The molecule has 1 heterocycles. The third-order valence-corrected chi connectivity index (χ3v) is 6.68. The molecule has 1 aliphatic heterocycles. The van der Waals surface area contributed by atoms with Crippen LogP contribution < -0.4 is 0 Å². The summed E-state index contributed by atoms with van der Waals surface area (Å²) >= 11 is 3.28. The maximum atomic E-state index is 13.9. The van der Waals surface area contributed by atoms with Crippen LogP contribution in [0.1, 0.15) is 10.4 Å². The van der Waals surface area contributed by atoms with Crippen molar-refractivity contribution in [3.05, 3.63) is 63.9 Å². The first-order valence-corrected chi connectivity index (χ1v) is 10.1. The van der Waals surface area contributed by atoms with E-state index in [2.05, 4.69) is 15.9 Å². The van der Waals surface area contributed by atoms with Gasteiger partial charge in [-0.05, 0) is 36.4 Å². The lowest BCUT2D eigenvalue weighted by Gasteiger charge is -2.34. The van der Waals surface area contributed by atoms with E-state index in [0.717, 1.165) is 8.78 Å². The maximum absolute atomic E-state index is 13.9. The highest BCUT2D eigenvalue weighted by atomic mass is 79.9. The molecule has 10 heteroatoms. The Kier molecular flexibility index (Phi) is 5.59. The number of hydrogen-bond donors (Lipinski definition) is 0. The van der Waals surface area contributed by atoms with E-state index in [9.17, 15) is 26.4 Å². The highest BCUT2D eigenvalue weighted by Crippen LogP contribution is 2.24. The molecule has 0 saturated carbocycles. The summed E-state index contributed by atoms with van der Waals surface area (Å²) in [5, 5.41) is 0. The van der Waals surface area contributed by atoms with E-state index in [1.54, 1.807) is 24.3 Å². The van der Waals surface area contributed by atoms with Crippen LogP contribution in [0.5, 0.6) is 0 Å². The molecule has 1 saturated heterocycles. The van der Waals surface area contributed by atoms with Crippen LogP contribution in [-0.4, -0.2) is 49.7 Å². The van der Waals surface area contributed by atoms with Crippen LogP contribution in [0.15, 0.2) is 45.8 Å². The summed E-state index contributed by atoms with van der Waals surface area (Å²) in [4.78, 5) is 13.0. The quantitative estimate of drug-likeness (QED) is 0.658. The first-order valence-electron chi connectivity index (χ1n) is 7.90. The molecule has 1 amide bonds. The topological polar surface area (TPSA) is 57.7 Å². The van der Waals surface area contributed by atoms with E-state index >= 15 is 0 Å². The first kappa shape index (κ1) is 19.8. The maximum Gasteiger partial charge on any atom is 0.253 e. The van der Waals surface area contributed by atoms with Crippen molar-refractivity contribution in [1.29, 1.82) is 0 Å². The second-order valence-electron chi connectivity index (χ2n) is 5.88. The van der Waals surface area contributed by atoms with Crippen molar-refractivity contribution in [2.45, 2.75) is 4.90 Å². The third kappa shape index (κ3) is 3.87. The number of nitrogens with zero attached hydrogens (tertiary/aromatic N) is 2. The Morgan fingerprint density at radius 2 is 1.48 bits per heavy atom. The van der Waals surface area contributed by atoms with Crippen LogP contribution >= 0.6 is 15.9 Å². The third-order valence-electron chi connectivity index (χ3n) is 4.23. The molecule has 0 bridgehead atoms. The van der Waals surface area contributed by atoms with Gasteiger partial charge >= 0.3 is 0 Å². The smallest absolute Gasteiger partial charge is 0.253 e. The van der Waals surface area contributed by atoms with Gasteiger partial charge in [-0.3, -0.25) is 4.79 Å². The summed E-state index contributed by atoms with van der Waals surface area (Å²) in [5.74, 6) is -5.29. The molecule has 0 spiro atoms. The van der Waals surface area contributed by atoms with E-state index in [4.69, 9.17) is 0 Å². The van der Waals surface area contributed by atoms with Gasteiger partial charge in [0.25, 0.3) is 5.91 Å². The molecule has 1 aliphatic rings. The Hall–Kier alpha value is -1.91. The minimum absolute atomic E-state index is 0.0803. The lowest BCUT2D eigenvalue weighted by molar-refractivity contribution is 0.0697. The van der Waals surface area contributed by atoms with Gasteiger partial charge in [0.1, 0.15) is 4.90 Å². The fourth-order valence-corrected chi connectivity index (χ4v) is 4.50. The van der Waals surface area contributed by atoms with Crippen molar-refractivity contribution >= 4 is 31.9 Å². The number of halogens is 4. The zero-order chi connectivity index (χ0) is 19.8. The van der Waals surface area contributed by atoms with Crippen LogP contribution in [0, 0.1) is 17.5 Å². The monoisotopic (exact) mass is 462 g/mol. The summed E-state index contributed by atoms with van der Waals surface area (Å²) in [6.07, 6.45) is 0. The number of hydrogen-bond acceptors (Lipinski definition) is 3. The molecule has 0 aliphatic carbocycles. The van der Waals surface area contributed by atoms with Crippen LogP contribution in [0.3, 0.4) is 0 Å². The van der Waals surface area contributed by atoms with Gasteiger partial charge < -0.3 is 4.90 Å². The summed E-state index contributed by atoms with van der Waals surface area (Å²) < 4.78 is 67.2. The molecule has 0 atom stereocenters. The van der Waals surface area contributed by atoms with E-state index in [1.165, 1.54) is 4.90 Å². The molecule has 5 nitrogen and oxygen atoms in total. The highest BCUT2D eigenvalue weighted by molar-refractivity contribution is 9.10. The number of sulfonamides is 1. The predicted molar refractivity (Wildman–Crippen MR) is 95.1 cm³/mol. The van der Waals surface area contributed by atoms with Gasteiger partial charge in [-0.1, -0.05) is 15.9 Å². The average molecular weight is 463 g/mol. The van der Waals surface area contributed by atoms with Crippen molar-refractivity contribution in [1.82, 2.24) is 9.21 Å². The normalized spacial score (nSPS) is 15.8. The Bertz CT molecular complexity index is 976. The van der Waals surface area contributed by atoms with Gasteiger partial charge in [0.2, 0.25) is 10.0 Å². The zero-order valence-electron chi connectivity index (χ0n) is 13.8. The van der Waals surface area contributed by atoms with Crippen molar-refractivity contribution in [3.8, 4) is 0 Å². The molecule has 1 fully saturated rings. The van der Waals surface area contributed by atoms with E-state index in [-0.39, 0.29) is 32.1 Å². The SMILES string of the molecule is O=C(c1ccc(Br)cc1)N1CCN(S(=O)(=O)c2ccc(F)c(F)c2F)CC1. The van der Waals surface area contributed by atoms with Gasteiger partial charge in [0.05, 0.1) is 0 Å². The molecule has 0 N–H and O–H groups in total. The molecule has 0 unspecified atom stereocenters. The van der Waals surface area contributed by atoms with Gasteiger partial charge in [-0.2, -0.15) is 4.31 Å². The Morgan fingerprint density at radius 3 is 2.07 bits per heavy atom. The van der Waals surface area contributed by atoms with Crippen molar-refractivity contribution in [2.75, 3.05) is 26.2 Å². The van der Waals surface area contributed by atoms with Crippen LogP contribution in [-0.2, 0) is 10.0 Å². The number of rotatable bonds is 3. The highest BCUT2D eigenvalue weighted by Gasteiger charge is 2.33. The Morgan fingerprint density at radius 1 is 0.889 bits per heavy atom. The summed E-state index contributed by atoms with van der Waals surface area (Å²) in [7, 11) is -4.34. The van der Waals surface area contributed by atoms with E-state index < -0.39 is 32.4 Å². The number of piperazine rings is 1. The molecular weight excluding hydrogens is 449 g/mol. The zero-order valence-corrected chi connectivity index (χ0v) is 16.2. The Balaban J connectivity index is 1.74. The van der Waals surface area contributed by atoms with E-state index in [0.29, 0.717) is 17.7 Å². The number of amides is 1. The predicted octanol–water partition coefficient (Wildman–Crippen LogP) is 3.01. The van der Waals surface area contributed by atoms with E-state index in [1.807, 2.05) is 0 Å². The molecule has 0 radical (unpaired) electrons. The molecule has 27 heavy (non-hydrogen) atoms. The van der Waals surface area contributed by atoms with Crippen LogP contribution in [0.25, 0.3) is 0 Å². The molecule has 144 valence electrons. The van der Waals surface area contributed by atoms with Gasteiger partial charge in [0, 0.05) is 36.2 Å². The van der Waals surface area contributed by atoms with Crippen LogP contribution in [0.2, 0.25) is 0 Å². The second-order valence-corrected chi connectivity index (χ2v) is 8.70. The minimum atomic E-state index is -4.34. The molecule has 3 rings (SSSR count). The lowest BCUT2D eigenvalue weighted by atomic mass is 10.2. The van der Waals surface area contributed by atoms with Gasteiger partial charge in [-0.15, -0.1) is 0 Å². The largest absolute Gasteiger partial charge is 0.336 e. The number of benzene rings is 2. The van der Waals surface area contributed by atoms with Crippen LogP contribution in [0.4, 0.5) is 13.2 Å². The summed E-state index contributed by atoms with van der Waals surface area (Å²) in [6.45, 7) is 0.0327. The van der Waals surface area contributed by atoms with Crippen molar-refractivity contribution < 1.29 is 26.4 Å². The fourth-order valence-electron chi connectivity index (χ4n) is 2.75. The number of carbonyl (C=O) groups is 1. The minimum Gasteiger partial charge on any atom is -0.336 e. The number of carbonyl (C=O) groups excluding carboxylic acids is 1. The molecule has 2 aromatic rings. The molecular formula is C17H14BrF3N2O3S. The Labute approximate surface area is 162 Å². The molecule has 0 aromatic heterocycles. The van der Waals surface area contributed by atoms with Crippen molar-refractivity contribution in [3.63, 3.8) is 0 Å². The fraction of sp³-hybridized carbons (Fsp3) is 0.235. The standard InChI is InChI=1S/C17H14BrF3N2O3S/c18-12-3-1-11(2-4-12)17(24)22-7-9-23(10-8-22)27(25,26)14-6-5-13(19)15(20)16(14)21/h1-6H,7-10H2. The average Bonchev–Trinajstić information content (AvgIpc) is 2.66.